The van der Waals surface area contributed by atoms with E-state index in [4.69, 9.17) is 4.74 Å². The van der Waals surface area contributed by atoms with Crippen LogP contribution in [0.15, 0.2) is 18.2 Å². The molecule has 3 atom stereocenters. The summed E-state index contributed by atoms with van der Waals surface area (Å²) in [4.78, 5) is 22.8. The summed E-state index contributed by atoms with van der Waals surface area (Å²) in [6, 6.07) is 4.23. The molecule has 2 fully saturated rings. The van der Waals surface area contributed by atoms with E-state index in [9.17, 15) is 14.9 Å². The van der Waals surface area contributed by atoms with Crippen molar-refractivity contribution in [2.45, 2.75) is 37.5 Å². The Morgan fingerprint density at radius 2 is 2.24 bits per heavy atom. The molecule has 2 saturated heterocycles. The first-order chi connectivity index (χ1) is 10.1. The normalized spacial score (nSPS) is 26.6. The van der Waals surface area contributed by atoms with Gasteiger partial charge < -0.3 is 15.4 Å². The van der Waals surface area contributed by atoms with E-state index in [-0.39, 0.29) is 35.4 Å². The Morgan fingerprint density at radius 3 is 2.81 bits per heavy atom. The molecular weight excluding hydrogens is 274 g/mol. The Bertz CT molecular complexity index is 590. The van der Waals surface area contributed by atoms with Gasteiger partial charge in [0.1, 0.15) is 0 Å². The SMILES string of the molecule is CNc1ccc([N+](=O)[O-])cc1C(=O)NC1CC2CCC1O2. The van der Waals surface area contributed by atoms with E-state index in [1.165, 1.54) is 12.1 Å². The van der Waals surface area contributed by atoms with Crippen molar-refractivity contribution >= 4 is 17.3 Å². The number of carbonyl (C=O) groups excluding carboxylic acids is 1. The maximum atomic E-state index is 12.4. The number of nitrogens with one attached hydrogen (secondary N) is 2. The molecule has 0 aliphatic carbocycles. The van der Waals surface area contributed by atoms with Crippen LogP contribution >= 0.6 is 0 Å². The standard InChI is InChI=1S/C14H17N3O4/c1-15-11-4-2-8(17(19)20)6-10(11)14(18)16-12-7-9-3-5-13(12)21-9/h2,4,6,9,12-13,15H,3,5,7H2,1H3,(H,16,18). The van der Waals surface area contributed by atoms with E-state index in [1.54, 1.807) is 13.1 Å². The quantitative estimate of drug-likeness (QED) is 0.650. The van der Waals surface area contributed by atoms with Gasteiger partial charge in [-0.2, -0.15) is 0 Å². The lowest BCUT2D eigenvalue weighted by Gasteiger charge is -2.20. The number of ether oxygens (including phenoxy) is 1. The van der Waals surface area contributed by atoms with Gasteiger partial charge in [0.2, 0.25) is 0 Å². The summed E-state index contributed by atoms with van der Waals surface area (Å²) in [7, 11) is 1.68. The number of hydrogen-bond donors (Lipinski definition) is 2. The number of nitrogens with zero attached hydrogens (tertiary/aromatic N) is 1. The van der Waals surface area contributed by atoms with E-state index in [0.717, 1.165) is 19.3 Å². The predicted octanol–water partition coefficient (Wildman–Crippen LogP) is 1.69. The van der Waals surface area contributed by atoms with Gasteiger partial charge in [-0.25, -0.2) is 0 Å². The summed E-state index contributed by atoms with van der Waals surface area (Å²) in [6.45, 7) is 0. The van der Waals surface area contributed by atoms with Gasteiger partial charge in [0.25, 0.3) is 11.6 Å². The van der Waals surface area contributed by atoms with Gasteiger partial charge in [0.05, 0.1) is 28.7 Å². The molecule has 7 nitrogen and oxygen atoms in total. The fourth-order valence-electron chi connectivity index (χ4n) is 3.09. The van der Waals surface area contributed by atoms with Crippen molar-refractivity contribution in [3.05, 3.63) is 33.9 Å². The van der Waals surface area contributed by atoms with Crippen molar-refractivity contribution in [2.24, 2.45) is 0 Å². The zero-order valence-corrected chi connectivity index (χ0v) is 11.7. The molecule has 2 aliphatic rings. The lowest BCUT2D eigenvalue weighted by atomic mass is 9.95. The Kier molecular flexibility index (Phi) is 3.50. The van der Waals surface area contributed by atoms with Crippen molar-refractivity contribution in [3.63, 3.8) is 0 Å². The first kappa shape index (κ1) is 13.8. The number of hydrogen-bond acceptors (Lipinski definition) is 5. The fraction of sp³-hybridized carbons (Fsp3) is 0.500. The summed E-state index contributed by atoms with van der Waals surface area (Å²) in [5.74, 6) is -0.302. The van der Waals surface area contributed by atoms with Crippen LogP contribution in [0.5, 0.6) is 0 Å². The number of non-ortho nitro benzene ring substituents is 1. The van der Waals surface area contributed by atoms with Crippen LogP contribution in [0.2, 0.25) is 0 Å². The van der Waals surface area contributed by atoms with Crippen LogP contribution in [0.25, 0.3) is 0 Å². The Balaban J connectivity index is 1.79. The molecule has 112 valence electrons. The van der Waals surface area contributed by atoms with Crippen LogP contribution in [0, 0.1) is 10.1 Å². The number of anilines is 1. The Labute approximate surface area is 121 Å². The van der Waals surface area contributed by atoms with Gasteiger partial charge in [0, 0.05) is 24.9 Å². The molecule has 0 radical (unpaired) electrons. The summed E-state index contributed by atoms with van der Waals surface area (Å²) < 4.78 is 5.70. The van der Waals surface area contributed by atoms with Gasteiger partial charge in [0.15, 0.2) is 0 Å². The van der Waals surface area contributed by atoms with Gasteiger partial charge in [-0.05, 0) is 25.3 Å². The molecule has 0 spiro atoms. The number of benzene rings is 1. The molecule has 2 heterocycles. The monoisotopic (exact) mass is 291 g/mol. The van der Waals surface area contributed by atoms with Gasteiger partial charge in [-0.1, -0.05) is 0 Å². The molecule has 2 N–H and O–H groups in total. The lowest BCUT2D eigenvalue weighted by Crippen LogP contribution is -2.41. The predicted molar refractivity (Wildman–Crippen MR) is 76.4 cm³/mol. The van der Waals surface area contributed by atoms with Crippen LogP contribution < -0.4 is 10.6 Å². The maximum Gasteiger partial charge on any atom is 0.270 e. The van der Waals surface area contributed by atoms with Crippen molar-refractivity contribution in [3.8, 4) is 0 Å². The maximum absolute atomic E-state index is 12.4. The molecule has 7 heteroatoms. The average molecular weight is 291 g/mol. The largest absolute Gasteiger partial charge is 0.387 e. The minimum absolute atomic E-state index is 0.000202. The van der Waals surface area contributed by atoms with Crippen molar-refractivity contribution in [1.82, 2.24) is 5.32 Å². The van der Waals surface area contributed by atoms with E-state index >= 15 is 0 Å². The average Bonchev–Trinajstić information content (AvgIpc) is 3.08. The molecule has 2 aliphatic heterocycles. The molecular formula is C14H17N3O4. The lowest BCUT2D eigenvalue weighted by molar-refractivity contribution is -0.384. The highest BCUT2D eigenvalue weighted by Gasteiger charge is 2.41. The number of fused-ring (bicyclic) bond motifs is 2. The first-order valence-electron chi connectivity index (χ1n) is 7.01. The Hall–Kier alpha value is -2.15. The van der Waals surface area contributed by atoms with Gasteiger partial charge in [-0.3, -0.25) is 14.9 Å². The second kappa shape index (κ2) is 5.33. The van der Waals surface area contributed by atoms with Gasteiger partial charge in [-0.15, -0.1) is 0 Å². The summed E-state index contributed by atoms with van der Waals surface area (Å²) in [6.07, 6.45) is 3.16. The molecule has 1 amide bonds. The summed E-state index contributed by atoms with van der Waals surface area (Å²) in [5, 5.41) is 16.7. The van der Waals surface area contributed by atoms with Gasteiger partial charge >= 0.3 is 0 Å². The summed E-state index contributed by atoms with van der Waals surface area (Å²) >= 11 is 0. The van der Waals surface area contributed by atoms with Crippen LogP contribution in [0.4, 0.5) is 11.4 Å². The fourth-order valence-corrected chi connectivity index (χ4v) is 3.09. The molecule has 0 aromatic heterocycles. The third-order valence-corrected chi connectivity index (χ3v) is 4.15. The van der Waals surface area contributed by atoms with E-state index < -0.39 is 4.92 Å². The van der Waals surface area contributed by atoms with Crippen LogP contribution in [0.3, 0.4) is 0 Å². The third kappa shape index (κ3) is 2.56. The molecule has 3 unspecified atom stereocenters. The highest BCUT2D eigenvalue weighted by atomic mass is 16.6. The topological polar surface area (TPSA) is 93.5 Å². The summed E-state index contributed by atoms with van der Waals surface area (Å²) in [5.41, 5.74) is 0.764. The highest BCUT2D eigenvalue weighted by Crippen LogP contribution is 2.34. The van der Waals surface area contributed by atoms with E-state index in [0.29, 0.717) is 5.69 Å². The minimum Gasteiger partial charge on any atom is -0.387 e. The van der Waals surface area contributed by atoms with E-state index in [1.807, 2.05) is 0 Å². The second-order valence-electron chi connectivity index (χ2n) is 5.43. The second-order valence-corrected chi connectivity index (χ2v) is 5.43. The van der Waals surface area contributed by atoms with Crippen LogP contribution in [-0.4, -0.2) is 36.1 Å². The zero-order valence-electron chi connectivity index (χ0n) is 11.7. The molecule has 1 aromatic rings. The van der Waals surface area contributed by atoms with Crippen molar-refractivity contribution in [2.75, 3.05) is 12.4 Å². The number of carbonyl (C=O) groups is 1. The molecule has 1 aromatic carbocycles. The molecule has 0 saturated carbocycles. The molecule has 2 bridgehead atoms. The number of nitro benzene ring substituents is 1. The smallest absolute Gasteiger partial charge is 0.270 e. The van der Waals surface area contributed by atoms with Crippen molar-refractivity contribution < 1.29 is 14.5 Å². The number of rotatable bonds is 4. The number of amides is 1. The van der Waals surface area contributed by atoms with E-state index in [2.05, 4.69) is 10.6 Å². The third-order valence-electron chi connectivity index (χ3n) is 4.15. The minimum atomic E-state index is -0.503. The van der Waals surface area contributed by atoms with Crippen LogP contribution in [0.1, 0.15) is 29.6 Å². The molecule has 3 rings (SSSR count). The Morgan fingerprint density at radius 1 is 1.43 bits per heavy atom. The number of nitro groups is 1. The van der Waals surface area contributed by atoms with Crippen LogP contribution in [-0.2, 0) is 4.74 Å². The first-order valence-corrected chi connectivity index (χ1v) is 7.01. The molecule has 21 heavy (non-hydrogen) atoms. The zero-order chi connectivity index (χ0) is 15.0. The van der Waals surface area contributed by atoms with Crippen molar-refractivity contribution in [1.29, 1.82) is 0 Å². The highest BCUT2D eigenvalue weighted by molar-refractivity contribution is 6.00.